The van der Waals surface area contributed by atoms with E-state index < -0.39 is 10.0 Å². The molecule has 2 aromatic heterocycles. The highest BCUT2D eigenvalue weighted by Gasteiger charge is 2.18. The molecule has 35 heavy (non-hydrogen) atoms. The van der Waals surface area contributed by atoms with Crippen LogP contribution in [0.15, 0.2) is 96.4 Å². The molecular formula is C26H19FN4O3S. The van der Waals surface area contributed by atoms with Crippen molar-refractivity contribution >= 4 is 26.7 Å². The molecule has 0 fully saturated rings. The first-order valence-electron chi connectivity index (χ1n) is 10.6. The summed E-state index contributed by atoms with van der Waals surface area (Å²) in [7, 11) is -2.31. The number of benzene rings is 3. The predicted molar refractivity (Wildman–Crippen MR) is 132 cm³/mol. The van der Waals surface area contributed by atoms with E-state index in [0.29, 0.717) is 11.3 Å². The number of fused-ring (bicyclic) bond motifs is 1. The minimum absolute atomic E-state index is 0.0498. The summed E-state index contributed by atoms with van der Waals surface area (Å²) in [5, 5.41) is 0.739. The molecule has 5 rings (SSSR count). The number of nitrogens with one attached hydrogen (secondary N) is 1. The molecule has 0 amide bonds. The highest BCUT2D eigenvalue weighted by molar-refractivity contribution is 7.92. The van der Waals surface area contributed by atoms with Crippen LogP contribution >= 0.6 is 0 Å². The molecule has 0 radical (unpaired) electrons. The van der Waals surface area contributed by atoms with Crippen molar-refractivity contribution in [1.82, 2.24) is 15.0 Å². The van der Waals surface area contributed by atoms with E-state index in [-0.39, 0.29) is 16.5 Å². The second-order valence-electron chi connectivity index (χ2n) is 7.66. The third-order valence-electron chi connectivity index (χ3n) is 5.49. The molecule has 0 saturated carbocycles. The summed E-state index contributed by atoms with van der Waals surface area (Å²) in [5.41, 5.74) is 3.62. The topological polar surface area (TPSA) is 94.1 Å². The first-order valence-corrected chi connectivity index (χ1v) is 12.0. The second-order valence-corrected chi connectivity index (χ2v) is 9.35. The number of nitrogens with zero attached hydrogens (tertiary/aromatic N) is 3. The monoisotopic (exact) mass is 486 g/mol. The van der Waals surface area contributed by atoms with Crippen molar-refractivity contribution in [1.29, 1.82) is 0 Å². The summed E-state index contributed by atoms with van der Waals surface area (Å²) in [6, 6.07) is 20.0. The van der Waals surface area contributed by atoms with Crippen LogP contribution in [0.5, 0.6) is 5.75 Å². The van der Waals surface area contributed by atoms with Gasteiger partial charge >= 0.3 is 0 Å². The number of pyridine rings is 1. The SMILES string of the molecule is COc1ccc(-c2cccc(F)c2)cc1-c1ccnc2cc(S(=O)(=O)Nc3ccncn3)ccc12. The number of anilines is 1. The highest BCUT2D eigenvalue weighted by atomic mass is 32.2. The minimum atomic E-state index is -3.88. The first kappa shape index (κ1) is 22.4. The molecule has 0 spiro atoms. The van der Waals surface area contributed by atoms with Gasteiger partial charge in [0.25, 0.3) is 10.0 Å². The maximum atomic E-state index is 13.8. The van der Waals surface area contributed by atoms with Crippen molar-refractivity contribution in [2.45, 2.75) is 4.90 Å². The molecule has 174 valence electrons. The third kappa shape index (κ3) is 4.53. The van der Waals surface area contributed by atoms with E-state index in [1.165, 1.54) is 42.9 Å². The van der Waals surface area contributed by atoms with Gasteiger partial charge in [-0.3, -0.25) is 9.71 Å². The standard InChI is InChI=1S/C26H19FN4O3S/c1-34-25-8-5-18(17-3-2-4-19(27)13-17)14-23(25)21-9-12-29-24-15-20(6-7-22(21)24)35(32,33)31-26-10-11-28-16-30-26/h2-16H,1H3,(H,28,30,31). The average Bonchev–Trinajstić information content (AvgIpc) is 2.88. The van der Waals surface area contributed by atoms with Crippen LogP contribution in [0.3, 0.4) is 0 Å². The number of aromatic nitrogens is 3. The molecule has 0 aliphatic carbocycles. The normalized spacial score (nSPS) is 11.4. The van der Waals surface area contributed by atoms with Crippen molar-refractivity contribution in [3.05, 3.63) is 97.3 Å². The molecular weight excluding hydrogens is 467 g/mol. The lowest BCUT2D eigenvalue weighted by Gasteiger charge is -2.14. The number of hydrogen-bond donors (Lipinski definition) is 1. The lowest BCUT2D eigenvalue weighted by atomic mass is 9.96. The molecule has 1 N–H and O–H groups in total. The molecule has 7 nitrogen and oxygen atoms in total. The number of halogens is 1. The molecule has 0 atom stereocenters. The van der Waals surface area contributed by atoms with Crippen molar-refractivity contribution in [3.8, 4) is 28.0 Å². The molecule has 5 aromatic rings. The Morgan fingerprint density at radius 3 is 2.49 bits per heavy atom. The van der Waals surface area contributed by atoms with Crippen molar-refractivity contribution in [3.63, 3.8) is 0 Å². The van der Waals surface area contributed by atoms with Gasteiger partial charge in [0.1, 0.15) is 23.7 Å². The van der Waals surface area contributed by atoms with E-state index in [1.54, 1.807) is 25.4 Å². The number of methoxy groups -OCH3 is 1. The van der Waals surface area contributed by atoms with Crippen molar-refractivity contribution in [2.75, 3.05) is 11.8 Å². The molecule has 0 saturated heterocycles. The molecule has 0 unspecified atom stereocenters. The first-order chi connectivity index (χ1) is 16.9. The fraction of sp³-hybridized carbons (Fsp3) is 0.0385. The zero-order chi connectivity index (χ0) is 24.4. The van der Waals surface area contributed by atoms with Gasteiger partial charge < -0.3 is 4.74 Å². The molecule has 9 heteroatoms. The van der Waals surface area contributed by atoms with Gasteiger partial charge in [0.15, 0.2) is 0 Å². The van der Waals surface area contributed by atoms with Gasteiger partial charge in [0.05, 0.1) is 17.5 Å². The number of ether oxygens (including phenoxy) is 1. The highest BCUT2D eigenvalue weighted by Crippen LogP contribution is 2.38. The van der Waals surface area contributed by atoms with E-state index in [0.717, 1.165) is 27.6 Å². The van der Waals surface area contributed by atoms with Gasteiger partial charge in [-0.1, -0.05) is 24.3 Å². The largest absolute Gasteiger partial charge is 0.496 e. The number of sulfonamides is 1. The summed E-state index contributed by atoms with van der Waals surface area (Å²) >= 11 is 0. The maximum Gasteiger partial charge on any atom is 0.263 e. The van der Waals surface area contributed by atoms with Crippen molar-refractivity contribution in [2.24, 2.45) is 0 Å². The van der Waals surface area contributed by atoms with Gasteiger partial charge in [-0.2, -0.15) is 0 Å². The Morgan fingerprint density at radius 2 is 1.71 bits per heavy atom. The van der Waals surface area contributed by atoms with E-state index in [4.69, 9.17) is 4.74 Å². The lowest BCUT2D eigenvalue weighted by molar-refractivity contribution is 0.416. The van der Waals surface area contributed by atoms with Crippen LogP contribution in [-0.2, 0) is 10.0 Å². The molecule has 3 aromatic carbocycles. The Labute approximate surface area is 201 Å². The third-order valence-corrected chi connectivity index (χ3v) is 6.85. The number of rotatable bonds is 6. The Bertz CT molecular complexity index is 1640. The fourth-order valence-corrected chi connectivity index (χ4v) is 4.87. The zero-order valence-corrected chi connectivity index (χ0v) is 19.3. The zero-order valence-electron chi connectivity index (χ0n) is 18.5. The Morgan fingerprint density at radius 1 is 0.857 bits per heavy atom. The minimum Gasteiger partial charge on any atom is -0.496 e. The van der Waals surface area contributed by atoms with Crippen LogP contribution in [0.1, 0.15) is 0 Å². The van der Waals surface area contributed by atoms with Gasteiger partial charge in [-0.15, -0.1) is 0 Å². The van der Waals surface area contributed by atoms with Gasteiger partial charge in [0.2, 0.25) is 0 Å². The van der Waals surface area contributed by atoms with Crippen LogP contribution in [0, 0.1) is 5.82 Å². The Hall–Kier alpha value is -4.37. The Balaban J connectivity index is 1.60. The average molecular weight is 487 g/mol. The summed E-state index contributed by atoms with van der Waals surface area (Å²) in [4.78, 5) is 12.1. The molecule has 0 aliphatic rings. The van der Waals surface area contributed by atoms with Crippen LogP contribution < -0.4 is 9.46 Å². The summed E-state index contributed by atoms with van der Waals surface area (Å²) in [6.07, 6.45) is 4.32. The summed E-state index contributed by atoms with van der Waals surface area (Å²) in [6.45, 7) is 0. The quantitative estimate of drug-likeness (QED) is 0.350. The van der Waals surface area contributed by atoms with Crippen molar-refractivity contribution < 1.29 is 17.5 Å². The van der Waals surface area contributed by atoms with Crippen LogP contribution in [0.25, 0.3) is 33.2 Å². The fourth-order valence-electron chi connectivity index (χ4n) is 3.84. The molecule has 0 bridgehead atoms. The molecule has 2 heterocycles. The molecule has 0 aliphatic heterocycles. The Kier molecular flexibility index (Phi) is 5.84. The van der Waals surface area contributed by atoms with E-state index in [2.05, 4.69) is 19.7 Å². The van der Waals surface area contributed by atoms with E-state index in [9.17, 15) is 12.8 Å². The lowest BCUT2D eigenvalue weighted by Crippen LogP contribution is -2.14. The second kappa shape index (κ2) is 9.11. The smallest absolute Gasteiger partial charge is 0.263 e. The van der Waals surface area contributed by atoms with Gasteiger partial charge in [-0.25, -0.2) is 22.8 Å². The number of hydrogen-bond acceptors (Lipinski definition) is 6. The van der Waals surface area contributed by atoms with Crippen LogP contribution in [0.2, 0.25) is 0 Å². The predicted octanol–water partition coefficient (Wildman–Crippen LogP) is 5.31. The summed E-state index contributed by atoms with van der Waals surface area (Å²) in [5.74, 6) is 0.471. The van der Waals surface area contributed by atoms with Crippen LogP contribution in [-0.4, -0.2) is 30.5 Å². The summed E-state index contributed by atoms with van der Waals surface area (Å²) < 4.78 is 47.6. The van der Waals surface area contributed by atoms with E-state index in [1.807, 2.05) is 30.3 Å². The van der Waals surface area contributed by atoms with E-state index >= 15 is 0 Å². The van der Waals surface area contributed by atoms with Gasteiger partial charge in [0, 0.05) is 23.3 Å². The van der Waals surface area contributed by atoms with Crippen LogP contribution in [0.4, 0.5) is 10.2 Å². The maximum absolute atomic E-state index is 13.8. The van der Waals surface area contributed by atoms with Gasteiger partial charge in [-0.05, 0) is 65.2 Å².